The van der Waals surface area contributed by atoms with Crippen LogP contribution in [0.1, 0.15) is 11.1 Å². The smallest absolute Gasteiger partial charge is 0.417 e. The van der Waals surface area contributed by atoms with Gasteiger partial charge in [0.1, 0.15) is 11.6 Å². The Kier molecular flexibility index (Phi) is 5.06. The average molecular weight is 372 g/mol. The Morgan fingerprint density at radius 3 is 2.44 bits per heavy atom. The lowest BCUT2D eigenvalue weighted by molar-refractivity contribution is -0.137. The summed E-state index contributed by atoms with van der Waals surface area (Å²) >= 11 is 6.01. The summed E-state index contributed by atoms with van der Waals surface area (Å²) in [6, 6.07) is 8.01. The van der Waals surface area contributed by atoms with Crippen molar-refractivity contribution in [2.75, 3.05) is 31.1 Å². The molecule has 1 aliphatic rings. The lowest BCUT2D eigenvalue weighted by Crippen LogP contribution is -2.46. The molecule has 0 spiro atoms. The van der Waals surface area contributed by atoms with Crippen LogP contribution in [0.2, 0.25) is 5.02 Å². The van der Waals surface area contributed by atoms with E-state index >= 15 is 0 Å². The van der Waals surface area contributed by atoms with Gasteiger partial charge in [0.25, 0.3) is 0 Å². The minimum absolute atomic E-state index is 0.0104. The zero-order valence-corrected chi connectivity index (χ0v) is 14.1. The van der Waals surface area contributed by atoms with Gasteiger partial charge in [0.15, 0.2) is 0 Å². The van der Waals surface area contributed by atoms with Crippen LogP contribution >= 0.6 is 11.6 Å². The van der Waals surface area contributed by atoms with Crippen molar-refractivity contribution in [3.63, 3.8) is 0 Å². The van der Waals surface area contributed by atoms with Crippen molar-refractivity contribution < 1.29 is 18.3 Å². The largest absolute Gasteiger partial charge is 0.508 e. The molecule has 134 valence electrons. The molecule has 0 atom stereocenters. The van der Waals surface area contributed by atoms with Gasteiger partial charge in [0.2, 0.25) is 0 Å². The van der Waals surface area contributed by atoms with Crippen LogP contribution < -0.4 is 4.90 Å². The topological polar surface area (TPSA) is 39.6 Å². The third kappa shape index (κ3) is 4.35. The summed E-state index contributed by atoms with van der Waals surface area (Å²) in [5.74, 6) is 0.614. The van der Waals surface area contributed by atoms with E-state index in [1.807, 2.05) is 11.0 Å². The Morgan fingerprint density at radius 1 is 1.12 bits per heavy atom. The summed E-state index contributed by atoms with van der Waals surface area (Å²) in [5.41, 5.74) is 0.169. The molecule has 1 aliphatic heterocycles. The number of piperazine rings is 1. The Balaban J connectivity index is 1.62. The van der Waals surface area contributed by atoms with Gasteiger partial charge in [0.05, 0.1) is 10.6 Å². The van der Waals surface area contributed by atoms with Crippen LogP contribution in [0.4, 0.5) is 19.0 Å². The second-order valence-corrected chi connectivity index (χ2v) is 6.37. The maximum absolute atomic E-state index is 12.7. The summed E-state index contributed by atoms with van der Waals surface area (Å²) in [6.45, 7) is 3.41. The lowest BCUT2D eigenvalue weighted by atomic mass is 10.2. The zero-order valence-electron chi connectivity index (χ0n) is 13.3. The molecule has 25 heavy (non-hydrogen) atoms. The third-order valence-electron chi connectivity index (χ3n) is 4.14. The van der Waals surface area contributed by atoms with Crippen LogP contribution in [0.5, 0.6) is 5.75 Å². The number of nitrogens with zero attached hydrogens (tertiary/aromatic N) is 3. The fourth-order valence-corrected chi connectivity index (χ4v) is 3.14. The van der Waals surface area contributed by atoms with Gasteiger partial charge in [-0.05, 0) is 23.8 Å². The summed E-state index contributed by atoms with van der Waals surface area (Å²) in [7, 11) is 0. The molecule has 2 aromatic rings. The summed E-state index contributed by atoms with van der Waals surface area (Å²) in [6.07, 6.45) is -3.63. The molecule has 0 amide bonds. The Labute approximate surface area is 148 Å². The van der Waals surface area contributed by atoms with Crippen LogP contribution in [-0.4, -0.2) is 41.2 Å². The molecular formula is C17H17ClF3N3O. The number of anilines is 1. The second-order valence-electron chi connectivity index (χ2n) is 5.96. The lowest BCUT2D eigenvalue weighted by Gasteiger charge is -2.35. The van der Waals surface area contributed by atoms with E-state index in [-0.39, 0.29) is 10.8 Å². The summed E-state index contributed by atoms with van der Waals surface area (Å²) in [5, 5.41) is 9.52. The average Bonchev–Trinajstić information content (AvgIpc) is 2.55. The van der Waals surface area contributed by atoms with Gasteiger partial charge in [-0.15, -0.1) is 0 Å². The molecule has 1 saturated heterocycles. The molecule has 0 radical (unpaired) electrons. The Morgan fingerprint density at radius 2 is 1.84 bits per heavy atom. The fraction of sp³-hybridized carbons (Fsp3) is 0.353. The molecule has 0 saturated carbocycles. The number of phenols is 1. The predicted molar refractivity (Wildman–Crippen MR) is 89.8 cm³/mol. The van der Waals surface area contributed by atoms with Gasteiger partial charge in [-0.2, -0.15) is 13.2 Å². The van der Waals surface area contributed by atoms with Crippen LogP contribution in [0.25, 0.3) is 0 Å². The molecule has 1 fully saturated rings. The van der Waals surface area contributed by atoms with Gasteiger partial charge in [-0.3, -0.25) is 4.90 Å². The monoisotopic (exact) mass is 371 g/mol. The standard InChI is InChI=1S/C17H17ClF3N3O/c18-15-9-13(17(19,20)21)10-22-16(15)24-6-4-23(5-7-24)11-12-2-1-3-14(25)8-12/h1-3,8-10,25H,4-7,11H2. The van der Waals surface area contributed by atoms with Crippen molar-refractivity contribution in [1.82, 2.24) is 9.88 Å². The molecule has 1 aromatic heterocycles. The SMILES string of the molecule is Oc1cccc(CN2CCN(c3ncc(C(F)(F)F)cc3Cl)CC2)c1. The minimum atomic E-state index is -4.45. The molecule has 2 heterocycles. The Bertz CT molecular complexity index is 746. The normalized spacial score (nSPS) is 16.2. The number of aromatic nitrogens is 1. The number of rotatable bonds is 3. The van der Waals surface area contributed by atoms with Crippen molar-refractivity contribution in [2.45, 2.75) is 12.7 Å². The molecule has 0 aliphatic carbocycles. The van der Waals surface area contributed by atoms with E-state index in [0.29, 0.717) is 25.5 Å². The van der Waals surface area contributed by atoms with Crippen LogP contribution in [0, 0.1) is 0 Å². The molecule has 1 N–H and O–H groups in total. The van der Waals surface area contributed by atoms with E-state index in [0.717, 1.165) is 30.9 Å². The highest BCUT2D eigenvalue weighted by Crippen LogP contribution is 2.33. The third-order valence-corrected chi connectivity index (χ3v) is 4.42. The molecule has 3 rings (SSSR count). The molecule has 4 nitrogen and oxygen atoms in total. The number of hydrogen-bond acceptors (Lipinski definition) is 4. The molecule has 1 aromatic carbocycles. The molecular weight excluding hydrogens is 355 g/mol. The minimum Gasteiger partial charge on any atom is -0.508 e. The van der Waals surface area contributed by atoms with Crippen LogP contribution in [0.3, 0.4) is 0 Å². The molecule has 0 bridgehead atoms. The van der Waals surface area contributed by atoms with Crippen LogP contribution in [-0.2, 0) is 12.7 Å². The van der Waals surface area contributed by atoms with E-state index in [4.69, 9.17) is 11.6 Å². The number of pyridine rings is 1. The van der Waals surface area contributed by atoms with Crippen molar-refractivity contribution >= 4 is 17.4 Å². The van der Waals surface area contributed by atoms with E-state index in [9.17, 15) is 18.3 Å². The van der Waals surface area contributed by atoms with Gasteiger partial charge >= 0.3 is 6.18 Å². The first kappa shape index (κ1) is 17.8. The second kappa shape index (κ2) is 7.09. The maximum Gasteiger partial charge on any atom is 0.417 e. The van der Waals surface area contributed by atoms with E-state index < -0.39 is 11.7 Å². The maximum atomic E-state index is 12.7. The quantitative estimate of drug-likeness (QED) is 0.891. The predicted octanol–water partition coefficient (Wildman–Crippen LogP) is 3.78. The summed E-state index contributed by atoms with van der Waals surface area (Å²) < 4.78 is 38.1. The van der Waals surface area contributed by atoms with Crippen molar-refractivity contribution in [3.8, 4) is 5.75 Å². The number of aromatic hydroxyl groups is 1. The van der Waals surface area contributed by atoms with Gasteiger partial charge in [-0.25, -0.2) is 4.98 Å². The summed E-state index contributed by atoms with van der Waals surface area (Å²) in [4.78, 5) is 8.01. The highest BCUT2D eigenvalue weighted by atomic mass is 35.5. The van der Waals surface area contributed by atoms with Crippen molar-refractivity contribution in [3.05, 3.63) is 52.7 Å². The number of hydrogen-bond donors (Lipinski definition) is 1. The van der Waals surface area contributed by atoms with Gasteiger partial charge in [0, 0.05) is 38.9 Å². The van der Waals surface area contributed by atoms with E-state index in [2.05, 4.69) is 9.88 Å². The fourth-order valence-electron chi connectivity index (χ4n) is 2.85. The van der Waals surface area contributed by atoms with Crippen LogP contribution in [0.15, 0.2) is 36.5 Å². The van der Waals surface area contributed by atoms with Gasteiger partial charge in [-0.1, -0.05) is 23.7 Å². The zero-order chi connectivity index (χ0) is 18.0. The van der Waals surface area contributed by atoms with E-state index in [1.165, 1.54) is 0 Å². The first-order chi connectivity index (χ1) is 11.8. The van der Waals surface area contributed by atoms with Crippen molar-refractivity contribution in [1.29, 1.82) is 0 Å². The molecule has 0 unspecified atom stereocenters. The van der Waals surface area contributed by atoms with Gasteiger partial charge < -0.3 is 10.0 Å². The first-order valence-corrected chi connectivity index (χ1v) is 8.18. The molecule has 8 heteroatoms. The highest BCUT2D eigenvalue weighted by Gasteiger charge is 2.32. The Hall–Kier alpha value is -1.99. The number of alkyl halides is 3. The number of phenolic OH excluding ortho intramolecular Hbond substituents is 1. The number of halogens is 4. The van der Waals surface area contributed by atoms with Crippen molar-refractivity contribution in [2.24, 2.45) is 0 Å². The highest BCUT2D eigenvalue weighted by molar-refractivity contribution is 6.33. The van der Waals surface area contributed by atoms with E-state index in [1.54, 1.807) is 18.2 Å². The number of benzene rings is 1. The first-order valence-electron chi connectivity index (χ1n) is 7.81.